The van der Waals surface area contributed by atoms with Crippen molar-refractivity contribution < 1.29 is 23.1 Å². The Kier molecular flexibility index (Phi) is 6.85. The minimum atomic E-state index is -3.38. The maximum absolute atomic E-state index is 11.5. The van der Waals surface area contributed by atoms with Crippen molar-refractivity contribution in [2.75, 3.05) is 19.3 Å². The predicted octanol–water partition coefficient (Wildman–Crippen LogP) is -0.363. The lowest BCUT2D eigenvalue weighted by Gasteiger charge is -2.18. The number of aliphatic carboxylic acids is 1. The Bertz CT molecular complexity index is 393. The molecule has 0 aliphatic heterocycles. The monoisotopic (exact) mass is 280 g/mol. The van der Waals surface area contributed by atoms with Gasteiger partial charge in [0.2, 0.25) is 15.9 Å². The Labute approximate surface area is 107 Å². The van der Waals surface area contributed by atoms with E-state index in [0.717, 1.165) is 4.31 Å². The molecule has 0 spiro atoms. The van der Waals surface area contributed by atoms with Gasteiger partial charge < -0.3 is 10.4 Å². The Morgan fingerprint density at radius 1 is 1.39 bits per heavy atom. The second-order valence-corrected chi connectivity index (χ2v) is 6.42. The molecule has 0 aliphatic carbocycles. The van der Waals surface area contributed by atoms with Gasteiger partial charge in [-0.1, -0.05) is 0 Å². The van der Waals surface area contributed by atoms with Crippen molar-refractivity contribution in [3.63, 3.8) is 0 Å². The topological polar surface area (TPSA) is 104 Å². The van der Waals surface area contributed by atoms with Crippen molar-refractivity contribution in [2.45, 2.75) is 32.7 Å². The van der Waals surface area contributed by atoms with Crippen LogP contribution in [-0.2, 0) is 19.6 Å². The summed E-state index contributed by atoms with van der Waals surface area (Å²) in [6, 6.07) is -0.300. The highest BCUT2D eigenvalue weighted by atomic mass is 32.2. The van der Waals surface area contributed by atoms with Gasteiger partial charge in [0.05, 0.1) is 12.3 Å². The number of hydrogen-bond donors (Lipinski definition) is 2. The van der Waals surface area contributed by atoms with Crippen molar-refractivity contribution in [3.05, 3.63) is 0 Å². The highest BCUT2D eigenvalue weighted by Gasteiger charge is 2.19. The van der Waals surface area contributed by atoms with Gasteiger partial charge in [0.1, 0.15) is 0 Å². The first-order chi connectivity index (χ1) is 8.19. The van der Waals surface area contributed by atoms with Crippen LogP contribution in [0.1, 0.15) is 26.7 Å². The van der Waals surface area contributed by atoms with E-state index in [1.54, 1.807) is 6.92 Å². The summed E-state index contributed by atoms with van der Waals surface area (Å²) in [7, 11) is -2.04. The van der Waals surface area contributed by atoms with Gasteiger partial charge in [0.15, 0.2) is 0 Å². The molecule has 106 valence electrons. The van der Waals surface area contributed by atoms with E-state index >= 15 is 0 Å². The van der Waals surface area contributed by atoms with E-state index in [2.05, 4.69) is 5.32 Å². The molecule has 0 saturated carbocycles. The Morgan fingerprint density at radius 2 is 1.94 bits per heavy atom. The van der Waals surface area contributed by atoms with Crippen LogP contribution in [0.5, 0.6) is 0 Å². The summed E-state index contributed by atoms with van der Waals surface area (Å²) < 4.78 is 23.8. The lowest BCUT2D eigenvalue weighted by Crippen LogP contribution is -2.42. The summed E-state index contributed by atoms with van der Waals surface area (Å²) in [6.07, 6.45) is 0.274. The molecule has 7 nitrogen and oxygen atoms in total. The largest absolute Gasteiger partial charge is 0.481 e. The smallest absolute Gasteiger partial charge is 0.303 e. The SMILES string of the molecule is CCS(=O)(=O)N(C)CC(=O)NC(C)CCC(=O)O. The molecule has 0 heterocycles. The van der Waals surface area contributed by atoms with E-state index in [-0.39, 0.29) is 24.8 Å². The molecule has 0 radical (unpaired) electrons. The van der Waals surface area contributed by atoms with Crippen molar-refractivity contribution in [1.29, 1.82) is 0 Å². The normalized spacial score (nSPS) is 13.3. The van der Waals surface area contributed by atoms with Crippen LogP contribution in [0.2, 0.25) is 0 Å². The van der Waals surface area contributed by atoms with Crippen LogP contribution in [0.25, 0.3) is 0 Å². The van der Waals surface area contributed by atoms with Crippen LogP contribution in [0, 0.1) is 0 Å². The number of amides is 1. The zero-order valence-electron chi connectivity index (χ0n) is 10.8. The minimum absolute atomic E-state index is 0.0372. The van der Waals surface area contributed by atoms with Crippen LogP contribution in [0.4, 0.5) is 0 Å². The van der Waals surface area contributed by atoms with Gasteiger partial charge in [-0.25, -0.2) is 8.42 Å². The van der Waals surface area contributed by atoms with Crippen molar-refractivity contribution >= 4 is 21.9 Å². The fourth-order valence-corrected chi connectivity index (χ4v) is 2.01. The molecule has 0 bridgehead atoms. The molecule has 0 fully saturated rings. The molecule has 18 heavy (non-hydrogen) atoms. The summed E-state index contributed by atoms with van der Waals surface area (Å²) in [4.78, 5) is 21.8. The average Bonchev–Trinajstić information content (AvgIpc) is 2.25. The first-order valence-corrected chi connectivity index (χ1v) is 7.25. The molecule has 0 aliphatic rings. The predicted molar refractivity (Wildman–Crippen MR) is 66.6 cm³/mol. The number of nitrogens with one attached hydrogen (secondary N) is 1. The van der Waals surface area contributed by atoms with E-state index in [1.807, 2.05) is 0 Å². The number of hydrogen-bond acceptors (Lipinski definition) is 4. The molecule has 1 unspecified atom stereocenters. The van der Waals surface area contributed by atoms with Gasteiger partial charge in [-0.15, -0.1) is 0 Å². The first kappa shape index (κ1) is 16.9. The molecule has 0 saturated heterocycles. The van der Waals surface area contributed by atoms with Crippen LogP contribution in [0.15, 0.2) is 0 Å². The number of carboxylic acid groups (broad SMARTS) is 1. The maximum Gasteiger partial charge on any atom is 0.303 e. The van der Waals surface area contributed by atoms with Gasteiger partial charge in [0, 0.05) is 19.5 Å². The quantitative estimate of drug-likeness (QED) is 0.631. The fourth-order valence-electron chi connectivity index (χ4n) is 1.25. The third-order valence-electron chi connectivity index (χ3n) is 2.40. The Morgan fingerprint density at radius 3 is 2.39 bits per heavy atom. The molecule has 1 amide bonds. The standard InChI is InChI=1S/C10H20N2O5S/c1-4-18(16,17)12(3)7-9(13)11-8(2)5-6-10(14)15/h8H,4-7H2,1-3H3,(H,11,13)(H,14,15). The third-order valence-corrected chi connectivity index (χ3v) is 4.21. The number of carbonyl (C=O) groups is 2. The summed E-state index contributed by atoms with van der Waals surface area (Å²) in [5.74, 6) is -1.43. The summed E-state index contributed by atoms with van der Waals surface area (Å²) in [5.41, 5.74) is 0. The molecular formula is C10H20N2O5S. The van der Waals surface area contributed by atoms with Crippen molar-refractivity contribution in [2.24, 2.45) is 0 Å². The third kappa shape index (κ3) is 6.55. The Balaban J connectivity index is 4.15. The molecule has 0 aromatic rings. The van der Waals surface area contributed by atoms with Crippen LogP contribution < -0.4 is 5.32 Å². The van der Waals surface area contributed by atoms with E-state index in [1.165, 1.54) is 14.0 Å². The second kappa shape index (κ2) is 7.32. The van der Waals surface area contributed by atoms with Gasteiger partial charge in [-0.05, 0) is 20.3 Å². The van der Waals surface area contributed by atoms with Gasteiger partial charge in [0.25, 0.3) is 0 Å². The zero-order chi connectivity index (χ0) is 14.3. The number of rotatable bonds is 8. The lowest BCUT2D eigenvalue weighted by molar-refractivity contribution is -0.137. The van der Waals surface area contributed by atoms with E-state index in [9.17, 15) is 18.0 Å². The molecule has 0 rings (SSSR count). The van der Waals surface area contributed by atoms with Crippen molar-refractivity contribution in [1.82, 2.24) is 9.62 Å². The first-order valence-electron chi connectivity index (χ1n) is 5.64. The molecule has 0 aromatic heterocycles. The Hall–Kier alpha value is -1.15. The van der Waals surface area contributed by atoms with Gasteiger partial charge in [-0.3, -0.25) is 9.59 Å². The van der Waals surface area contributed by atoms with E-state index < -0.39 is 21.9 Å². The summed E-state index contributed by atoms with van der Waals surface area (Å²) in [5, 5.41) is 11.0. The van der Waals surface area contributed by atoms with Crippen molar-refractivity contribution in [3.8, 4) is 0 Å². The number of carbonyl (C=O) groups excluding carboxylic acids is 1. The number of sulfonamides is 1. The minimum Gasteiger partial charge on any atom is -0.481 e. The molecular weight excluding hydrogens is 260 g/mol. The van der Waals surface area contributed by atoms with Crippen LogP contribution in [-0.4, -0.2) is 55.1 Å². The summed E-state index contributed by atoms with van der Waals surface area (Å²) >= 11 is 0. The highest BCUT2D eigenvalue weighted by Crippen LogP contribution is 1.99. The second-order valence-electron chi connectivity index (χ2n) is 4.06. The zero-order valence-corrected chi connectivity index (χ0v) is 11.7. The van der Waals surface area contributed by atoms with Crippen LogP contribution in [0.3, 0.4) is 0 Å². The van der Waals surface area contributed by atoms with Gasteiger partial charge in [-0.2, -0.15) is 4.31 Å². The van der Waals surface area contributed by atoms with E-state index in [0.29, 0.717) is 6.42 Å². The lowest BCUT2D eigenvalue weighted by atomic mass is 10.2. The number of carboxylic acids is 1. The number of nitrogens with zero attached hydrogens (tertiary/aromatic N) is 1. The highest BCUT2D eigenvalue weighted by molar-refractivity contribution is 7.89. The van der Waals surface area contributed by atoms with Crippen LogP contribution >= 0.6 is 0 Å². The van der Waals surface area contributed by atoms with Gasteiger partial charge >= 0.3 is 5.97 Å². The molecule has 1 atom stereocenters. The molecule has 8 heteroatoms. The molecule has 0 aromatic carbocycles. The fraction of sp³-hybridized carbons (Fsp3) is 0.800. The number of likely N-dealkylation sites (N-methyl/N-ethyl adjacent to an activating group) is 1. The average molecular weight is 280 g/mol. The van der Waals surface area contributed by atoms with E-state index in [4.69, 9.17) is 5.11 Å². The molecule has 2 N–H and O–H groups in total. The maximum atomic E-state index is 11.5. The summed E-state index contributed by atoms with van der Waals surface area (Å²) in [6.45, 7) is 2.92.